The second-order valence-corrected chi connectivity index (χ2v) is 5.29. The van der Waals surface area contributed by atoms with Crippen molar-refractivity contribution in [2.24, 2.45) is 0 Å². The van der Waals surface area contributed by atoms with Crippen LogP contribution in [0.5, 0.6) is 0 Å². The summed E-state index contributed by atoms with van der Waals surface area (Å²) in [7, 11) is 0. The number of halogens is 3. The van der Waals surface area contributed by atoms with Crippen LogP contribution in [0.4, 0.5) is 4.39 Å². The molecule has 0 radical (unpaired) electrons. The minimum Gasteiger partial charge on any atom is -0.384 e. The Hall–Kier alpha value is -0.900. The van der Waals surface area contributed by atoms with Crippen LogP contribution in [-0.4, -0.2) is 5.11 Å². The number of aliphatic hydroxyl groups excluding tert-OH is 1. The molecule has 2 aromatic carbocycles. The fourth-order valence-electron chi connectivity index (χ4n) is 1.78. The van der Waals surface area contributed by atoms with Crippen molar-refractivity contribution in [3.63, 3.8) is 0 Å². The summed E-state index contributed by atoms with van der Waals surface area (Å²) in [6, 6.07) is 9.82. The lowest BCUT2D eigenvalue weighted by atomic mass is 9.97. The molecule has 0 saturated heterocycles. The van der Waals surface area contributed by atoms with Gasteiger partial charge >= 0.3 is 0 Å². The quantitative estimate of drug-likeness (QED) is 0.851. The van der Waals surface area contributed by atoms with Crippen LogP contribution in [0.25, 0.3) is 0 Å². The van der Waals surface area contributed by atoms with E-state index in [-0.39, 0.29) is 5.82 Å². The average molecular weight is 330 g/mol. The monoisotopic (exact) mass is 328 g/mol. The summed E-state index contributed by atoms with van der Waals surface area (Å²) in [6.07, 6.45) is -0.819. The molecule has 0 heterocycles. The summed E-state index contributed by atoms with van der Waals surface area (Å²) in [6.45, 7) is 1.85. The summed E-state index contributed by atoms with van der Waals surface area (Å²) in [5.74, 6) is -0.353. The molecule has 2 rings (SSSR count). The van der Waals surface area contributed by atoms with E-state index < -0.39 is 6.10 Å². The maximum Gasteiger partial charge on any atom is 0.137 e. The van der Waals surface area contributed by atoms with Crippen LogP contribution < -0.4 is 0 Å². The van der Waals surface area contributed by atoms with Crippen LogP contribution in [0, 0.1) is 12.7 Å². The minimum absolute atomic E-state index is 0.332. The van der Waals surface area contributed by atoms with Gasteiger partial charge in [-0.3, -0.25) is 0 Å². The molecule has 2 aromatic rings. The van der Waals surface area contributed by atoms with Gasteiger partial charge < -0.3 is 5.11 Å². The first-order valence-electron chi connectivity index (χ1n) is 5.38. The van der Waals surface area contributed by atoms with Gasteiger partial charge in [0.2, 0.25) is 0 Å². The van der Waals surface area contributed by atoms with E-state index in [4.69, 9.17) is 11.6 Å². The Morgan fingerprint density at radius 2 is 2.00 bits per heavy atom. The van der Waals surface area contributed by atoms with E-state index in [1.165, 1.54) is 6.07 Å². The molecule has 0 aromatic heterocycles. The molecule has 18 heavy (non-hydrogen) atoms. The number of aliphatic hydroxyl groups is 1. The molecule has 0 aliphatic carbocycles. The smallest absolute Gasteiger partial charge is 0.137 e. The average Bonchev–Trinajstić information content (AvgIpc) is 2.35. The van der Waals surface area contributed by atoms with E-state index in [2.05, 4.69) is 15.9 Å². The van der Waals surface area contributed by atoms with Gasteiger partial charge in [-0.25, -0.2) is 4.39 Å². The second-order valence-electron chi connectivity index (χ2n) is 4.03. The lowest BCUT2D eigenvalue weighted by Gasteiger charge is -2.15. The first kappa shape index (κ1) is 13.5. The minimum atomic E-state index is -0.819. The van der Waals surface area contributed by atoms with Crippen molar-refractivity contribution in [2.75, 3.05) is 0 Å². The Labute approximate surface area is 118 Å². The van der Waals surface area contributed by atoms with Gasteiger partial charge in [-0.2, -0.15) is 0 Å². The zero-order valence-electron chi connectivity index (χ0n) is 9.62. The number of hydrogen-bond acceptors (Lipinski definition) is 1. The fourth-order valence-corrected chi connectivity index (χ4v) is 2.36. The lowest BCUT2D eigenvalue weighted by molar-refractivity contribution is 0.219. The van der Waals surface area contributed by atoms with Crippen molar-refractivity contribution >= 4 is 27.5 Å². The Kier molecular flexibility index (Phi) is 4.05. The Balaban J connectivity index is 2.44. The van der Waals surface area contributed by atoms with Crippen molar-refractivity contribution in [2.45, 2.75) is 13.0 Å². The van der Waals surface area contributed by atoms with E-state index in [0.717, 1.165) is 11.1 Å². The van der Waals surface area contributed by atoms with Crippen molar-refractivity contribution < 1.29 is 9.50 Å². The summed E-state index contributed by atoms with van der Waals surface area (Å²) in [4.78, 5) is 0. The maximum atomic E-state index is 13.2. The molecule has 0 amide bonds. The zero-order chi connectivity index (χ0) is 13.3. The number of benzene rings is 2. The molecule has 0 bridgehead atoms. The first-order valence-corrected chi connectivity index (χ1v) is 6.56. The highest BCUT2D eigenvalue weighted by atomic mass is 79.9. The summed E-state index contributed by atoms with van der Waals surface area (Å²) >= 11 is 9.13. The van der Waals surface area contributed by atoms with Gasteiger partial charge in [-0.1, -0.05) is 29.8 Å². The Morgan fingerprint density at radius 3 is 2.67 bits per heavy atom. The third-order valence-electron chi connectivity index (χ3n) is 2.86. The van der Waals surface area contributed by atoms with Crippen molar-refractivity contribution in [1.82, 2.24) is 0 Å². The van der Waals surface area contributed by atoms with Crippen LogP contribution in [0.2, 0.25) is 5.02 Å². The molecular formula is C14H11BrClFO. The maximum absolute atomic E-state index is 13.2. The molecular weight excluding hydrogens is 319 g/mol. The highest BCUT2D eigenvalue weighted by molar-refractivity contribution is 9.10. The molecule has 1 unspecified atom stereocenters. The summed E-state index contributed by atoms with van der Waals surface area (Å²) in [5.41, 5.74) is 2.17. The van der Waals surface area contributed by atoms with Crippen LogP contribution in [0.1, 0.15) is 22.8 Å². The van der Waals surface area contributed by atoms with E-state index in [1.807, 2.05) is 13.0 Å². The van der Waals surface area contributed by atoms with Gasteiger partial charge in [0.05, 0.1) is 4.47 Å². The Bertz CT molecular complexity index is 586. The van der Waals surface area contributed by atoms with Gasteiger partial charge in [0, 0.05) is 5.02 Å². The molecule has 4 heteroatoms. The SMILES string of the molecule is Cc1c(Cl)cccc1C(O)c1ccc(F)c(Br)c1. The van der Waals surface area contributed by atoms with Crippen LogP contribution >= 0.6 is 27.5 Å². The fraction of sp³-hybridized carbons (Fsp3) is 0.143. The molecule has 0 spiro atoms. The summed E-state index contributed by atoms with van der Waals surface area (Å²) in [5, 5.41) is 10.9. The van der Waals surface area contributed by atoms with Crippen molar-refractivity contribution in [3.8, 4) is 0 Å². The standard InChI is InChI=1S/C14H11BrClFO/c1-8-10(3-2-4-12(8)16)14(18)9-5-6-13(17)11(15)7-9/h2-7,14,18H,1H3. The predicted molar refractivity (Wildman–Crippen MR) is 74.4 cm³/mol. The highest BCUT2D eigenvalue weighted by Gasteiger charge is 2.15. The molecule has 1 N–H and O–H groups in total. The first-order chi connectivity index (χ1) is 8.50. The van der Waals surface area contributed by atoms with E-state index >= 15 is 0 Å². The highest BCUT2D eigenvalue weighted by Crippen LogP contribution is 2.30. The third-order valence-corrected chi connectivity index (χ3v) is 3.88. The molecule has 0 aliphatic heterocycles. The van der Waals surface area contributed by atoms with Gasteiger partial charge in [-0.15, -0.1) is 0 Å². The van der Waals surface area contributed by atoms with Crippen LogP contribution in [0.15, 0.2) is 40.9 Å². The molecule has 1 atom stereocenters. The second kappa shape index (κ2) is 5.39. The van der Waals surface area contributed by atoms with Gasteiger partial charge in [-0.05, 0) is 57.7 Å². The lowest BCUT2D eigenvalue weighted by Crippen LogP contribution is -2.02. The normalized spacial score (nSPS) is 12.5. The zero-order valence-corrected chi connectivity index (χ0v) is 12.0. The van der Waals surface area contributed by atoms with E-state index in [9.17, 15) is 9.50 Å². The Morgan fingerprint density at radius 1 is 1.28 bits per heavy atom. The molecule has 0 aliphatic rings. The van der Waals surface area contributed by atoms with Crippen molar-refractivity contribution in [3.05, 3.63) is 68.4 Å². The van der Waals surface area contributed by atoms with Crippen LogP contribution in [-0.2, 0) is 0 Å². The van der Waals surface area contributed by atoms with E-state index in [0.29, 0.717) is 15.1 Å². The van der Waals surface area contributed by atoms with Gasteiger partial charge in [0.25, 0.3) is 0 Å². The molecule has 1 nitrogen and oxygen atoms in total. The van der Waals surface area contributed by atoms with E-state index in [1.54, 1.807) is 24.3 Å². The summed E-state index contributed by atoms with van der Waals surface area (Å²) < 4.78 is 13.5. The molecule has 94 valence electrons. The topological polar surface area (TPSA) is 20.2 Å². The molecule has 0 fully saturated rings. The number of hydrogen-bond donors (Lipinski definition) is 1. The number of rotatable bonds is 2. The molecule has 0 saturated carbocycles. The third kappa shape index (κ3) is 2.58. The predicted octanol–water partition coefficient (Wildman–Crippen LogP) is 4.63. The van der Waals surface area contributed by atoms with Gasteiger partial charge in [0.1, 0.15) is 11.9 Å². The largest absolute Gasteiger partial charge is 0.384 e. The van der Waals surface area contributed by atoms with Gasteiger partial charge in [0.15, 0.2) is 0 Å². The van der Waals surface area contributed by atoms with Crippen LogP contribution in [0.3, 0.4) is 0 Å². The van der Waals surface area contributed by atoms with Crippen molar-refractivity contribution in [1.29, 1.82) is 0 Å².